The fourth-order valence-electron chi connectivity index (χ4n) is 2.11. The van der Waals surface area contributed by atoms with Gasteiger partial charge in [0.25, 0.3) is 0 Å². The third-order valence-corrected chi connectivity index (χ3v) is 3.36. The molecule has 3 nitrogen and oxygen atoms in total. The van der Waals surface area contributed by atoms with E-state index in [4.69, 9.17) is 5.11 Å². The average molecular weight is 206 g/mol. The lowest BCUT2D eigenvalue weighted by Crippen LogP contribution is -2.37. The first-order chi connectivity index (χ1) is 7.18. The van der Waals surface area contributed by atoms with E-state index in [0.29, 0.717) is 5.56 Å². The van der Waals surface area contributed by atoms with Gasteiger partial charge in [-0.15, -0.1) is 0 Å². The molecule has 0 aromatic heterocycles. The summed E-state index contributed by atoms with van der Waals surface area (Å²) in [6.07, 6.45) is 3.13. The van der Waals surface area contributed by atoms with Crippen molar-refractivity contribution >= 4 is 5.97 Å². The van der Waals surface area contributed by atoms with Gasteiger partial charge in [0, 0.05) is 5.41 Å². The molecule has 80 valence electrons. The van der Waals surface area contributed by atoms with Gasteiger partial charge in [-0.25, -0.2) is 4.79 Å². The van der Waals surface area contributed by atoms with Crippen molar-refractivity contribution < 1.29 is 15.0 Å². The second-order valence-electron chi connectivity index (χ2n) is 4.17. The molecule has 0 unspecified atom stereocenters. The number of aliphatic hydroxyl groups excluding tert-OH is 1. The number of carboxylic acids is 1. The molecule has 1 aromatic rings. The third kappa shape index (κ3) is 1.63. The Morgan fingerprint density at radius 2 is 1.87 bits per heavy atom. The Bertz CT molecular complexity index is 357. The van der Waals surface area contributed by atoms with Gasteiger partial charge >= 0.3 is 5.97 Å². The van der Waals surface area contributed by atoms with Crippen LogP contribution >= 0.6 is 0 Å². The number of hydrogen-bond acceptors (Lipinski definition) is 2. The van der Waals surface area contributed by atoms with Gasteiger partial charge in [-0.2, -0.15) is 0 Å². The van der Waals surface area contributed by atoms with Crippen molar-refractivity contribution in [1.82, 2.24) is 0 Å². The zero-order valence-electron chi connectivity index (χ0n) is 8.44. The number of benzene rings is 1. The highest BCUT2D eigenvalue weighted by Gasteiger charge is 2.37. The maximum absolute atomic E-state index is 10.7. The van der Waals surface area contributed by atoms with Crippen molar-refractivity contribution in [2.45, 2.75) is 24.7 Å². The molecule has 0 aliphatic heterocycles. The van der Waals surface area contributed by atoms with E-state index in [1.165, 1.54) is 0 Å². The van der Waals surface area contributed by atoms with E-state index in [1.807, 2.05) is 12.1 Å². The number of aliphatic hydroxyl groups is 1. The molecular formula is C12H14O3. The Morgan fingerprint density at radius 1 is 1.27 bits per heavy atom. The SMILES string of the molecule is O=C(O)c1ccc(C2(CO)CCC2)cc1. The van der Waals surface area contributed by atoms with Crippen LogP contribution in [-0.4, -0.2) is 22.8 Å². The molecule has 0 spiro atoms. The van der Waals surface area contributed by atoms with E-state index < -0.39 is 5.97 Å². The van der Waals surface area contributed by atoms with Crippen LogP contribution in [0.1, 0.15) is 35.2 Å². The summed E-state index contributed by atoms with van der Waals surface area (Å²) in [4.78, 5) is 10.7. The Hall–Kier alpha value is -1.35. The second kappa shape index (κ2) is 3.66. The lowest BCUT2D eigenvalue weighted by Gasteiger charge is -2.40. The van der Waals surface area contributed by atoms with Crippen LogP contribution in [0.2, 0.25) is 0 Å². The Morgan fingerprint density at radius 3 is 2.20 bits per heavy atom. The van der Waals surface area contributed by atoms with Gasteiger partial charge < -0.3 is 10.2 Å². The van der Waals surface area contributed by atoms with E-state index in [1.54, 1.807) is 12.1 Å². The van der Waals surface area contributed by atoms with Crippen molar-refractivity contribution in [3.8, 4) is 0 Å². The minimum absolute atomic E-state index is 0.100. The van der Waals surface area contributed by atoms with Crippen LogP contribution in [0.3, 0.4) is 0 Å². The van der Waals surface area contributed by atoms with Crippen molar-refractivity contribution in [1.29, 1.82) is 0 Å². The lowest BCUT2D eigenvalue weighted by molar-refractivity contribution is 0.0696. The molecule has 2 rings (SSSR count). The third-order valence-electron chi connectivity index (χ3n) is 3.36. The van der Waals surface area contributed by atoms with Gasteiger partial charge in [0.15, 0.2) is 0 Å². The van der Waals surface area contributed by atoms with E-state index >= 15 is 0 Å². The summed E-state index contributed by atoms with van der Waals surface area (Å²) in [6, 6.07) is 6.85. The molecule has 1 fully saturated rings. The number of rotatable bonds is 3. The first kappa shape index (κ1) is 10.2. The summed E-state index contributed by atoms with van der Waals surface area (Å²) in [5.41, 5.74) is 1.25. The molecule has 0 bridgehead atoms. The Kier molecular flexibility index (Phi) is 2.49. The molecule has 3 heteroatoms. The zero-order chi connectivity index (χ0) is 10.9. The molecule has 1 aromatic carbocycles. The van der Waals surface area contributed by atoms with E-state index in [0.717, 1.165) is 24.8 Å². The van der Waals surface area contributed by atoms with Gasteiger partial charge in [0.05, 0.1) is 12.2 Å². The topological polar surface area (TPSA) is 57.5 Å². The minimum atomic E-state index is -0.909. The van der Waals surface area contributed by atoms with Gasteiger partial charge in [0.1, 0.15) is 0 Å². The second-order valence-corrected chi connectivity index (χ2v) is 4.17. The van der Waals surface area contributed by atoms with Crippen molar-refractivity contribution in [2.24, 2.45) is 0 Å². The monoisotopic (exact) mass is 206 g/mol. The maximum Gasteiger partial charge on any atom is 0.335 e. The van der Waals surface area contributed by atoms with Crippen LogP contribution in [0.15, 0.2) is 24.3 Å². The minimum Gasteiger partial charge on any atom is -0.478 e. The lowest BCUT2D eigenvalue weighted by atomic mass is 9.65. The largest absolute Gasteiger partial charge is 0.478 e. The van der Waals surface area contributed by atoms with E-state index in [9.17, 15) is 9.90 Å². The van der Waals surface area contributed by atoms with Gasteiger partial charge in [-0.1, -0.05) is 18.6 Å². The van der Waals surface area contributed by atoms with Crippen molar-refractivity contribution in [3.05, 3.63) is 35.4 Å². The maximum atomic E-state index is 10.7. The quantitative estimate of drug-likeness (QED) is 0.792. The number of aromatic carboxylic acids is 1. The summed E-state index contributed by atoms with van der Waals surface area (Å²) in [5.74, 6) is -0.909. The molecule has 2 N–H and O–H groups in total. The van der Waals surface area contributed by atoms with Crippen molar-refractivity contribution in [2.75, 3.05) is 6.61 Å². The molecule has 0 atom stereocenters. The predicted octanol–water partition coefficient (Wildman–Crippen LogP) is 1.80. The highest BCUT2D eigenvalue weighted by Crippen LogP contribution is 2.43. The van der Waals surface area contributed by atoms with Crippen molar-refractivity contribution in [3.63, 3.8) is 0 Å². The molecular weight excluding hydrogens is 192 g/mol. The smallest absolute Gasteiger partial charge is 0.335 e. The van der Waals surface area contributed by atoms with Crippen LogP contribution in [-0.2, 0) is 5.41 Å². The zero-order valence-corrected chi connectivity index (χ0v) is 8.44. The molecule has 0 amide bonds. The predicted molar refractivity (Wildman–Crippen MR) is 56.0 cm³/mol. The highest BCUT2D eigenvalue weighted by molar-refractivity contribution is 5.87. The molecule has 0 heterocycles. The summed E-state index contributed by atoms with van der Waals surface area (Å²) < 4.78 is 0. The summed E-state index contributed by atoms with van der Waals surface area (Å²) in [7, 11) is 0. The van der Waals surface area contributed by atoms with Crippen LogP contribution < -0.4 is 0 Å². The molecule has 0 saturated heterocycles. The van der Waals surface area contributed by atoms with Gasteiger partial charge in [-0.05, 0) is 30.5 Å². The first-order valence-electron chi connectivity index (χ1n) is 5.13. The average Bonchev–Trinajstić information content (AvgIpc) is 2.18. The molecule has 1 aliphatic rings. The number of hydrogen-bond donors (Lipinski definition) is 2. The fourth-order valence-corrected chi connectivity index (χ4v) is 2.11. The standard InChI is InChI=1S/C12H14O3/c13-8-12(6-1-7-12)10-4-2-9(3-5-10)11(14)15/h2-5,13H,1,6-8H2,(H,14,15). The van der Waals surface area contributed by atoms with Crippen LogP contribution in [0.4, 0.5) is 0 Å². The van der Waals surface area contributed by atoms with Crippen LogP contribution in [0.25, 0.3) is 0 Å². The van der Waals surface area contributed by atoms with Crippen LogP contribution in [0, 0.1) is 0 Å². The van der Waals surface area contributed by atoms with Crippen LogP contribution in [0.5, 0.6) is 0 Å². The van der Waals surface area contributed by atoms with Gasteiger partial charge in [-0.3, -0.25) is 0 Å². The Balaban J connectivity index is 2.26. The first-order valence-corrected chi connectivity index (χ1v) is 5.13. The normalized spacial score (nSPS) is 18.2. The fraction of sp³-hybridized carbons (Fsp3) is 0.417. The highest BCUT2D eigenvalue weighted by atomic mass is 16.4. The number of carboxylic acid groups (broad SMARTS) is 1. The van der Waals surface area contributed by atoms with Gasteiger partial charge in [0.2, 0.25) is 0 Å². The molecule has 1 aliphatic carbocycles. The van der Waals surface area contributed by atoms with E-state index in [-0.39, 0.29) is 12.0 Å². The molecule has 15 heavy (non-hydrogen) atoms. The number of carbonyl (C=O) groups is 1. The van der Waals surface area contributed by atoms with E-state index in [2.05, 4.69) is 0 Å². The Labute approximate surface area is 88.4 Å². The summed E-state index contributed by atoms with van der Waals surface area (Å²) in [5, 5.41) is 18.1. The molecule has 0 radical (unpaired) electrons. The summed E-state index contributed by atoms with van der Waals surface area (Å²) in [6.45, 7) is 0.152. The molecule has 1 saturated carbocycles. The summed E-state index contributed by atoms with van der Waals surface area (Å²) >= 11 is 0.